The summed E-state index contributed by atoms with van der Waals surface area (Å²) in [6, 6.07) is 11.5. The van der Waals surface area contributed by atoms with Gasteiger partial charge in [-0.15, -0.1) is 0 Å². The van der Waals surface area contributed by atoms with Crippen LogP contribution in [0.15, 0.2) is 54.9 Å². The molecule has 0 radical (unpaired) electrons. The van der Waals surface area contributed by atoms with Crippen LogP contribution in [0, 0.1) is 11.6 Å². The van der Waals surface area contributed by atoms with Crippen molar-refractivity contribution in [3.8, 4) is 0 Å². The molecule has 6 nitrogen and oxygen atoms in total. The van der Waals surface area contributed by atoms with E-state index in [2.05, 4.69) is 20.6 Å². The van der Waals surface area contributed by atoms with Gasteiger partial charge in [-0.1, -0.05) is 0 Å². The van der Waals surface area contributed by atoms with Crippen LogP contribution in [0.2, 0.25) is 0 Å². The summed E-state index contributed by atoms with van der Waals surface area (Å²) < 4.78 is 31.7. The quantitative estimate of drug-likeness (QED) is 0.626. The molecule has 2 N–H and O–H groups in total. The molecule has 0 aliphatic heterocycles. The summed E-state index contributed by atoms with van der Waals surface area (Å²) in [5, 5.41) is 5.82. The van der Waals surface area contributed by atoms with Gasteiger partial charge in [-0.2, -0.15) is 0 Å². The van der Waals surface area contributed by atoms with Crippen molar-refractivity contribution in [2.45, 2.75) is 6.92 Å². The maximum atomic E-state index is 13.7. The fourth-order valence-corrected chi connectivity index (χ4v) is 2.27. The SMILES string of the molecule is CCOC(=O)c1ccc(Nc2cc(Nc3ccc(F)cc3F)ncn2)cc1. The molecule has 0 saturated heterocycles. The van der Waals surface area contributed by atoms with Gasteiger partial charge in [0.1, 0.15) is 29.6 Å². The Hall–Kier alpha value is -3.55. The van der Waals surface area contributed by atoms with E-state index in [4.69, 9.17) is 4.74 Å². The van der Waals surface area contributed by atoms with E-state index in [1.54, 1.807) is 37.3 Å². The maximum Gasteiger partial charge on any atom is 0.338 e. The van der Waals surface area contributed by atoms with Gasteiger partial charge < -0.3 is 15.4 Å². The van der Waals surface area contributed by atoms with Crippen LogP contribution in [0.5, 0.6) is 0 Å². The van der Waals surface area contributed by atoms with Crippen molar-refractivity contribution in [2.75, 3.05) is 17.2 Å². The maximum absolute atomic E-state index is 13.7. The molecule has 1 aromatic heterocycles. The predicted molar refractivity (Wildman–Crippen MR) is 97.4 cm³/mol. The summed E-state index contributed by atoms with van der Waals surface area (Å²) in [5.41, 5.74) is 1.24. The molecule has 138 valence electrons. The second kappa shape index (κ2) is 8.22. The molecule has 0 bridgehead atoms. The van der Waals surface area contributed by atoms with Crippen LogP contribution >= 0.6 is 0 Å². The number of aromatic nitrogens is 2. The molecule has 27 heavy (non-hydrogen) atoms. The van der Waals surface area contributed by atoms with Gasteiger partial charge in [-0.05, 0) is 43.3 Å². The van der Waals surface area contributed by atoms with Crippen molar-refractivity contribution in [1.29, 1.82) is 0 Å². The zero-order valence-electron chi connectivity index (χ0n) is 14.4. The Labute approximate surface area is 154 Å². The number of halogens is 2. The molecule has 0 unspecified atom stereocenters. The van der Waals surface area contributed by atoms with Gasteiger partial charge in [0.2, 0.25) is 0 Å². The fraction of sp³-hybridized carbons (Fsp3) is 0.105. The predicted octanol–water partition coefficient (Wildman–Crippen LogP) is 4.42. The lowest BCUT2D eigenvalue weighted by Gasteiger charge is -2.10. The van der Waals surface area contributed by atoms with Crippen molar-refractivity contribution >= 4 is 29.0 Å². The van der Waals surface area contributed by atoms with Crippen LogP contribution in [0.1, 0.15) is 17.3 Å². The molecule has 0 fully saturated rings. The van der Waals surface area contributed by atoms with E-state index in [1.165, 1.54) is 12.4 Å². The number of nitrogens with zero attached hydrogens (tertiary/aromatic N) is 2. The van der Waals surface area contributed by atoms with Crippen molar-refractivity contribution in [3.05, 3.63) is 72.1 Å². The average molecular weight is 370 g/mol. The van der Waals surface area contributed by atoms with E-state index in [0.717, 1.165) is 12.1 Å². The number of esters is 1. The molecule has 2 aromatic carbocycles. The zero-order chi connectivity index (χ0) is 19.2. The molecule has 8 heteroatoms. The Morgan fingerprint density at radius 3 is 2.37 bits per heavy atom. The molecular formula is C19H16F2N4O2. The van der Waals surface area contributed by atoms with Gasteiger partial charge in [0.15, 0.2) is 0 Å². The summed E-state index contributed by atoms with van der Waals surface area (Å²) in [6.07, 6.45) is 1.30. The Balaban J connectivity index is 1.71. The number of nitrogens with one attached hydrogen (secondary N) is 2. The second-order valence-electron chi connectivity index (χ2n) is 5.46. The number of rotatable bonds is 6. The molecule has 1 heterocycles. The number of ether oxygens (including phenoxy) is 1. The van der Waals surface area contributed by atoms with Crippen LogP contribution in [0.4, 0.5) is 31.8 Å². The molecule has 0 aliphatic carbocycles. The van der Waals surface area contributed by atoms with Gasteiger partial charge in [-0.3, -0.25) is 0 Å². The summed E-state index contributed by atoms with van der Waals surface area (Å²) in [4.78, 5) is 19.8. The molecule has 0 aliphatic rings. The van der Waals surface area contributed by atoms with Gasteiger partial charge in [0.25, 0.3) is 0 Å². The Kier molecular flexibility index (Phi) is 5.55. The van der Waals surface area contributed by atoms with Crippen LogP contribution in [-0.2, 0) is 4.74 Å². The highest BCUT2D eigenvalue weighted by Crippen LogP contribution is 2.22. The van der Waals surface area contributed by atoms with E-state index in [0.29, 0.717) is 29.5 Å². The first-order valence-electron chi connectivity index (χ1n) is 8.13. The molecule has 0 saturated carbocycles. The first-order chi connectivity index (χ1) is 13.0. The minimum atomic E-state index is -0.724. The van der Waals surface area contributed by atoms with Gasteiger partial charge in [0, 0.05) is 17.8 Å². The largest absolute Gasteiger partial charge is 0.462 e. The summed E-state index contributed by atoms with van der Waals surface area (Å²) >= 11 is 0. The third-order valence-corrected chi connectivity index (χ3v) is 3.53. The number of benzene rings is 2. The van der Waals surface area contributed by atoms with E-state index in [-0.39, 0.29) is 11.7 Å². The van der Waals surface area contributed by atoms with Crippen molar-refractivity contribution < 1.29 is 18.3 Å². The van der Waals surface area contributed by atoms with E-state index in [9.17, 15) is 13.6 Å². The van der Waals surface area contributed by atoms with Crippen LogP contribution in [0.3, 0.4) is 0 Å². The summed E-state index contributed by atoms with van der Waals surface area (Å²) in [5.74, 6) is -0.981. The van der Waals surface area contributed by atoms with Crippen molar-refractivity contribution in [2.24, 2.45) is 0 Å². The van der Waals surface area contributed by atoms with Gasteiger partial charge in [-0.25, -0.2) is 23.5 Å². The minimum Gasteiger partial charge on any atom is -0.462 e. The highest BCUT2D eigenvalue weighted by Gasteiger charge is 2.08. The monoisotopic (exact) mass is 370 g/mol. The summed E-state index contributed by atoms with van der Waals surface area (Å²) in [7, 11) is 0. The van der Waals surface area contributed by atoms with E-state index >= 15 is 0 Å². The molecule has 3 rings (SSSR count). The third-order valence-electron chi connectivity index (χ3n) is 3.53. The number of carbonyl (C=O) groups is 1. The number of carbonyl (C=O) groups excluding carboxylic acids is 1. The van der Waals surface area contributed by atoms with Crippen molar-refractivity contribution in [3.63, 3.8) is 0 Å². The Morgan fingerprint density at radius 2 is 1.70 bits per heavy atom. The van der Waals surface area contributed by atoms with Crippen molar-refractivity contribution in [1.82, 2.24) is 9.97 Å². The number of hydrogen-bond donors (Lipinski definition) is 2. The average Bonchev–Trinajstić information content (AvgIpc) is 2.65. The van der Waals surface area contributed by atoms with Crippen LogP contribution < -0.4 is 10.6 Å². The molecule has 0 atom stereocenters. The van der Waals surface area contributed by atoms with Gasteiger partial charge in [0.05, 0.1) is 17.9 Å². The molecule has 0 amide bonds. The Bertz CT molecular complexity index is 949. The smallest absolute Gasteiger partial charge is 0.338 e. The number of hydrogen-bond acceptors (Lipinski definition) is 6. The highest BCUT2D eigenvalue weighted by molar-refractivity contribution is 5.89. The first-order valence-corrected chi connectivity index (χ1v) is 8.13. The van der Waals surface area contributed by atoms with Gasteiger partial charge >= 0.3 is 5.97 Å². The second-order valence-corrected chi connectivity index (χ2v) is 5.46. The lowest BCUT2D eigenvalue weighted by Crippen LogP contribution is -2.04. The lowest BCUT2D eigenvalue weighted by atomic mass is 10.2. The summed E-state index contributed by atoms with van der Waals surface area (Å²) in [6.45, 7) is 2.05. The fourth-order valence-electron chi connectivity index (χ4n) is 2.27. The van der Waals surface area contributed by atoms with Crippen LogP contribution in [-0.4, -0.2) is 22.5 Å². The number of anilines is 4. The zero-order valence-corrected chi connectivity index (χ0v) is 14.4. The normalized spacial score (nSPS) is 10.3. The standard InChI is InChI=1S/C19H16F2N4O2/c1-2-27-19(26)12-3-6-14(7-4-12)24-17-10-18(23-11-22-17)25-16-8-5-13(20)9-15(16)21/h3-11H,2H2,1H3,(H2,22,23,24,25). The molecular weight excluding hydrogens is 354 g/mol. The minimum absolute atomic E-state index is 0.0971. The van der Waals surface area contributed by atoms with E-state index < -0.39 is 11.6 Å². The molecule has 3 aromatic rings. The Morgan fingerprint density at radius 1 is 1.00 bits per heavy atom. The van der Waals surface area contributed by atoms with Crippen LogP contribution in [0.25, 0.3) is 0 Å². The van der Waals surface area contributed by atoms with E-state index in [1.807, 2.05) is 0 Å². The third kappa shape index (κ3) is 4.75. The topological polar surface area (TPSA) is 76.1 Å². The lowest BCUT2D eigenvalue weighted by molar-refractivity contribution is 0.0526. The molecule has 0 spiro atoms. The highest BCUT2D eigenvalue weighted by atomic mass is 19.1. The first kappa shape index (κ1) is 18.2.